The van der Waals surface area contributed by atoms with E-state index in [1.807, 2.05) is 0 Å². The summed E-state index contributed by atoms with van der Waals surface area (Å²) in [7, 11) is 3.12. The van der Waals surface area contributed by atoms with Gasteiger partial charge in [-0.15, -0.1) is 0 Å². The van der Waals surface area contributed by atoms with Crippen LogP contribution in [0.5, 0.6) is 11.5 Å². The van der Waals surface area contributed by atoms with Crippen molar-refractivity contribution in [3.8, 4) is 11.5 Å². The quantitative estimate of drug-likeness (QED) is 0.799. The maximum Gasteiger partial charge on any atom is 0.257 e. The topological polar surface area (TPSA) is 70.0 Å². The molecule has 0 spiro atoms. The number of ether oxygens (including phenoxy) is 1. The number of phenols is 1. The fourth-order valence-electron chi connectivity index (χ4n) is 1.43. The molecule has 0 aliphatic rings. The Morgan fingerprint density at radius 3 is 2.71 bits per heavy atom. The molecule has 0 atom stereocenters. The van der Waals surface area contributed by atoms with Gasteiger partial charge in [0.05, 0.1) is 12.7 Å². The molecular formula is C12H17NO4. The standard InChI is InChI=1S/C12H17NO4/c1-13(6-3-7-14)12(16)10-5-4-9(17-2)8-11(10)15/h4-5,8,14-15H,3,6-7H2,1-2H3. The van der Waals surface area contributed by atoms with E-state index in [1.165, 1.54) is 24.1 Å². The molecule has 0 heterocycles. The number of carbonyl (C=O) groups is 1. The number of amides is 1. The van der Waals surface area contributed by atoms with E-state index in [4.69, 9.17) is 9.84 Å². The molecular weight excluding hydrogens is 222 g/mol. The van der Waals surface area contributed by atoms with Gasteiger partial charge in [0.1, 0.15) is 11.5 Å². The van der Waals surface area contributed by atoms with E-state index in [9.17, 15) is 9.90 Å². The molecule has 5 nitrogen and oxygen atoms in total. The minimum Gasteiger partial charge on any atom is -0.507 e. The Labute approximate surface area is 100 Å². The first-order valence-electron chi connectivity index (χ1n) is 5.33. The number of hydrogen-bond acceptors (Lipinski definition) is 4. The molecule has 1 rings (SSSR count). The van der Waals surface area contributed by atoms with Gasteiger partial charge < -0.3 is 19.8 Å². The number of nitrogens with zero attached hydrogens (tertiary/aromatic N) is 1. The Balaban J connectivity index is 2.81. The maximum atomic E-state index is 11.9. The molecule has 1 aromatic rings. The third-order valence-electron chi connectivity index (χ3n) is 2.43. The van der Waals surface area contributed by atoms with E-state index in [0.29, 0.717) is 18.7 Å². The van der Waals surface area contributed by atoms with E-state index in [2.05, 4.69) is 0 Å². The molecule has 2 N–H and O–H groups in total. The fraction of sp³-hybridized carbons (Fsp3) is 0.417. The molecule has 0 radical (unpaired) electrons. The monoisotopic (exact) mass is 239 g/mol. The minimum atomic E-state index is -0.279. The number of hydrogen-bond donors (Lipinski definition) is 2. The van der Waals surface area contributed by atoms with E-state index >= 15 is 0 Å². The molecule has 1 aromatic carbocycles. The second kappa shape index (κ2) is 6.10. The lowest BCUT2D eigenvalue weighted by Gasteiger charge is -2.17. The Morgan fingerprint density at radius 1 is 1.47 bits per heavy atom. The molecule has 94 valence electrons. The zero-order valence-corrected chi connectivity index (χ0v) is 10.0. The van der Waals surface area contributed by atoms with Crippen LogP contribution in [0.1, 0.15) is 16.8 Å². The molecule has 1 amide bonds. The van der Waals surface area contributed by atoms with Crippen LogP contribution >= 0.6 is 0 Å². The third-order valence-corrected chi connectivity index (χ3v) is 2.43. The van der Waals surface area contributed by atoms with Crippen molar-refractivity contribution < 1.29 is 19.7 Å². The number of benzene rings is 1. The first kappa shape index (κ1) is 13.3. The zero-order valence-electron chi connectivity index (χ0n) is 10.0. The number of aliphatic hydroxyl groups excluding tert-OH is 1. The molecule has 0 aliphatic carbocycles. The summed E-state index contributed by atoms with van der Waals surface area (Å²) in [5.74, 6) is 0.112. The van der Waals surface area contributed by atoms with Gasteiger partial charge in [0.15, 0.2) is 0 Å². The van der Waals surface area contributed by atoms with Gasteiger partial charge in [0.25, 0.3) is 5.91 Å². The highest BCUT2D eigenvalue weighted by Crippen LogP contribution is 2.24. The minimum absolute atomic E-state index is 0.0339. The summed E-state index contributed by atoms with van der Waals surface area (Å²) in [5.41, 5.74) is 0.228. The largest absolute Gasteiger partial charge is 0.507 e. The average molecular weight is 239 g/mol. The number of methoxy groups -OCH3 is 1. The van der Waals surface area contributed by atoms with Gasteiger partial charge in [-0.2, -0.15) is 0 Å². The Kier molecular flexibility index (Phi) is 4.78. The highest BCUT2D eigenvalue weighted by molar-refractivity contribution is 5.96. The van der Waals surface area contributed by atoms with Crippen LogP contribution in [0.4, 0.5) is 0 Å². The summed E-state index contributed by atoms with van der Waals surface area (Å²) in [4.78, 5) is 13.4. The van der Waals surface area contributed by atoms with Gasteiger partial charge >= 0.3 is 0 Å². The van der Waals surface area contributed by atoms with Crippen LogP contribution < -0.4 is 4.74 Å². The van der Waals surface area contributed by atoms with Crippen LogP contribution in [-0.2, 0) is 0 Å². The Morgan fingerprint density at radius 2 is 2.18 bits per heavy atom. The number of aliphatic hydroxyl groups is 1. The van der Waals surface area contributed by atoms with Crippen molar-refractivity contribution in [1.29, 1.82) is 0 Å². The molecule has 0 saturated carbocycles. The van der Waals surface area contributed by atoms with Crippen molar-refractivity contribution in [2.75, 3.05) is 27.3 Å². The molecule has 17 heavy (non-hydrogen) atoms. The van der Waals surface area contributed by atoms with Crippen LogP contribution in [0.3, 0.4) is 0 Å². The summed E-state index contributed by atoms with van der Waals surface area (Å²) in [6.07, 6.45) is 0.513. The lowest BCUT2D eigenvalue weighted by molar-refractivity contribution is 0.0783. The molecule has 0 aromatic heterocycles. The number of carbonyl (C=O) groups excluding carboxylic acids is 1. The van der Waals surface area contributed by atoms with Crippen molar-refractivity contribution in [3.05, 3.63) is 23.8 Å². The summed E-state index contributed by atoms with van der Waals surface area (Å²) in [6, 6.07) is 4.53. The second-order valence-corrected chi connectivity index (χ2v) is 3.69. The molecule has 0 bridgehead atoms. The van der Waals surface area contributed by atoms with E-state index < -0.39 is 0 Å². The van der Waals surface area contributed by atoms with Crippen LogP contribution in [-0.4, -0.2) is 48.3 Å². The smallest absolute Gasteiger partial charge is 0.257 e. The third kappa shape index (κ3) is 3.35. The van der Waals surface area contributed by atoms with Gasteiger partial charge in [-0.3, -0.25) is 4.79 Å². The first-order valence-corrected chi connectivity index (χ1v) is 5.33. The Bertz CT molecular complexity index is 392. The molecule has 0 unspecified atom stereocenters. The predicted molar refractivity (Wildman–Crippen MR) is 63.3 cm³/mol. The maximum absolute atomic E-state index is 11.9. The molecule has 0 fully saturated rings. The number of phenolic OH excluding ortho intramolecular Hbond substituents is 1. The fourth-order valence-corrected chi connectivity index (χ4v) is 1.43. The van der Waals surface area contributed by atoms with Gasteiger partial charge in [0, 0.05) is 26.3 Å². The average Bonchev–Trinajstić information content (AvgIpc) is 2.34. The van der Waals surface area contributed by atoms with Gasteiger partial charge in [0.2, 0.25) is 0 Å². The van der Waals surface area contributed by atoms with Gasteiger partial charge in [-0.05, 0) is 18.6 Å². The number of rotatable bonds is 5. The molecule has 0 aliphatic heterocycles. The van der Waals surface area contributed by atoms with E-state index in [0.717, 1.165) is 0 Å². The van der Waals surface area contributed by atoms with Crippen LogP contribution in [0.25, 0.3) is 0 Å². The van der Waals surface area contributed by atoms with Gasteiger partial charge in [-0.25, -0.2) is 0 Å². The van der Waals surface area contributed by atoms with E-state index in [1.54, 1.807) is 13.1 Å². The lowest BCUT2D eigenvalue weighted by atomic mass is 10.1. The van der Waals surface area contributed by atoms with Crippen molar-refractivity contribution >= 4 is 5.91 Å². The zero-order chi connectivity index (χ0) is 12.8. The summed E-state index contributed by atoms with van der Waals surface area (Å²) >= 11 is 0. The highest BCUT2D eigenvalue weighted by Gasteiger charge is 2.15. The van der Waals surface area contributed by atoms with Crippen molar-refractivity contribution in [2.45, 2.75) is 6.42 Å². The summed E-state index contributed by atoms with van der Waals surface area (Å²) in [6.45, 7) is 0.479. The predicted octanol–water partition coefficient (Wildman–Crippen LogP) is 0.855. The number of aromatic hydroxyl groups is 1. The highest BCUT2D eigenvalue weighted by atomic mass is 16.5. The summed E-state index contributed by atoms with van der Waals surface area (Å²) in [5, 5.41) is 18.4. The Hall–Kier alpha value is -1.75. The van der Waals surface area contributed by atoms with Crippen LogP contribution in [0.2, 0.25) is 0 Å². The SMILES string of the molecule is COc1ccc(C(=O)N(C)CCCO)c(O)c1. The van der Waals surface area contributed by atoms with Crippen LogP contribution in [0, 0.1) is 0 Å². The van der Waals surface area contributed by atoms with E-state index in [-0.39, 0.29) is 23.8 Å². The normalized spacial score (nSPS) is 10.1. The molecule has 5 heteroatoms. The van der Waals surface area contributed by atoms with Crippen LogP contribution in [0.15, 0.2) is 18.2 Å². The lowest BCUT2D eigenvalue weighted by Crippen LogP contribution is -2.28. The van der Waals surface area contributed by atoms with Crippen molar-refractivity contribution in [3.63, 3.8) is 0 Å². The second-order valence-electron chi connectivity index (χ2n) is 3.69. The van der Waals surface area contributed by atoms with Crippen molar-refractivity contribution in [1.82, 2.24) is 4.90 Å². The summed E-state index contributed by atoms with van der Waals surface area (Å²) < 4.78 is 4.94. The molecule has 0 saturated heterocycles. The van der Waals surface area contributed by atoms with Gasteiger partial charge in [-0.1, -0.05) is 0 Å². The van der Waals surface area contributed by atoms with Crippen molar-refractivity contribution in [2.24, 2.45) is 0 Å². The first-order chi connectivity index (χ1) is 8.10.